The van der Waals surface area contributed by atoms with E-state index in [-0.39, 0.29) is 18.5 Å². The number of amides is 1. The molecule has 0 aliphatic heterocycles. The predicted molar refractivity (Wildman–Crippen MR) is 292 cm³/mol. The van der Waals surface area contributed by atoms with Gasteiger partial charge in [0.2, 0.25) is 5.91 Å². The molecule has 0 radical (unpaired) electrons. The van der Waals surface area contributed by atoms with Crippen molar-refractivity contribution in [2.45, 2.75) is 341 Å². The summed E-state index contributed by atoms with van der Waals surface area (Å²) >= 11 is 0. The van der Waals surface area contributed by atoms with Crippen molar-refractivity contribution in [3.63, 3.8) is 0 Å². The minimum absolute atomic E-state index is 0.00845. The van der Waals surface area contributed by atoms with E-state index in [2.05, 4.69) is 31.3 Å². The summed E-state index contributed by atoms with van der Waals surface area (Å²) in [5.74, 6) is -0.0823. The zero-order valence-corrected chi connectivity index (χ0v) is 45.1. The zero-order valence-electron chi connectivity index (χ0n) is 45.1. The second kappa shape index (κ2) is 56.9. The van der Waals surface area contributed by atoms with Crippen molar-refractivity contribution in [1.29, 1.82) is 0 Å². The molecule has 2 atom stereocenters. The molecule has 6 nitrogen and oxygen atoms in total. The lowest BCUT2D eigenvalue weighted by molar-refractivity contribution is -0.143. The highest BCUT2D eigenvalue weighted by molar-refractivity contribution is 5.76. The van der Waals surface area contributed by atoms with Crippen molar-refractivity contribution in [3.05, 3.63) is 24.3 Å². The molecule has 6 heteroatoms. The van der Waals surface area contributed by atoms with Gasteiger partial charge in [0.05, 0.1) is 25.4 Å². The van der Waals surface area contributed by atoms with E-state index < -0.39 is 12.1 Å². The number of carbonyl (C=O) groups excluding carboxylic acids is 2. The van der Waals surface area contributed by atoms with Gasteiger partial charge in [0.1, 0.15) is 0 Å². The Bertz CT molecular complexity index is 1040. The standard InChI is InChI=1S/C61H117NO5/c1-3-5-7-9-11-13-15-17-19-20-21-22-23-24-26-29-33-37-41-45-49-53-59(64)58(57-63)62-60(65)54-50-46-42-38-34-30-27-25-28-32-36-40-44-48-52-56-67-61(66)55-51-47-43-39-35-31-18-16-14-12-10-8-6-4-2/h16,18,49,53,58-59,63-64H,3-15,17,19-48,50-52,54-57H2,1-2H3,(H,62,65)/b18-16-,53-49+. The van der Waals surface area contributed by atoms with Crippen LogP contribution in [0.3, 0.4) is 0 Å². The van der Waals surface area contributed by atoms with E-state index >= 15 is 0 Å². The predicted octanol–water partition coefficient (Wildman–Crippen LogP) is 18.6. The van der Waals surface area contributed by atoms with E-state index in [0.29, 0.717) is 19.4 Å². The van der Waals surface area contributed by atoms with Crippen molar-refractivity contribution in [2.24, 2.45) is 0 Å². The largest absolute Gasteiger partial charge is 0.466 e. The Morgan fingerprint density at radius 1 is 0.403 bits per heavy atom. The summed E-state index contributed by atoms with van der Waals surface area (Å²) < 4.78 is 5.47. The van der Waals surface area contributed by atoms with Crippen LogP contribution in [-0.2, 0) is 14.3 Å². The molecule has 0 aliphatic rings. The van der Waals surface area contributed by atoms with Gasteiger partial charge in [0, 0.05) is 12.8 Å². The molecular formula is C61H117NO5. The van der Waals surface area contributed by atoms with Crippen LogP contribution in [0, 0.1) is 0 Å². The first-order valence-corrected chi connectivity index (χ1v) is 30.1. The molecule has 0 spiro atoms. The molecule has 0 saturated heterocycles. The molecule has 1 amide bonds. The highest BCUT2D eigenvalue weighted by Gasteiger charge is 2.18. The van der Waals surface area contributed by atoms with Gasteiger partial charge in [-0.3, -0.25) is 9.59 Å². The van der Waals surface area contributed by atoms with Crippen molar-refractivity contribution in [1.82, 2.24) is 5.32 Å². The fourth-order valence-electron chi connectivity index (χ4n) is 9.34. The van der Waals surface area contributed by atoms with Crippen LogP contribution in [0.1, 0.15) is 328 Å². The minimum Gasteiger partial charge on any atom is -0.466 e. The first-order valence-electron chi connectivity index (χ1n) is 30.1. The maximum absolute atomic E-state index is 12.5. The van der Waals surface area contributed by atoms with Gasteiger partial charge in [0.25, 0.3) is 0 Å². The summed E-state index contributed by atoms with van der Waals surface area (Å²) in [5, 5.41) is 23.2. The second-order valence-electron chi connectivity index (χ2n) is 20.7. The Balaban J connectivity index is 3.47. The summed E-state index contributed by atoms with van der Waals surface area (Å²) in [4.78, 5) is 24.5. The van der Waals surface area contributed by atoms with Crippen molar-refractivity contribution >= 4 is 11.9 Å². The van der Waals surface area contributed by atoms with E-state index in [1.54, 1.807) is 6.08 Å². The van der Waals surface area contributed by atoms with Gasteiger partial charge >= 0.3 is 5.97 Å². The SMILES string of the molecule is CCCCCCC/C=C\CCCCCCCC(=O)OCCCCCCCCCCCCCCCCCC(=O)NC(CO)C(O)/C=C/CCCCCCCCCCCCCCCCCCCCC. The highest BCUT2D eigenvalue weighted by atomic mass is 16.5. The van der Waals surface area contributed by atoms with Gasteiger partial charge in [-0.15, -0.1) is 0 Å². The molecule has 0 aromatic heterocycles. The van der Waals surface area contributed by atoms with Gasteiger partial charge < -0.3 is 20.3 Å². The number of allylic oxidation sites excluding steroid dienone is 3. The Labute approximate surface area is 418 Å². The third-order valence-corrected chi connectivity index (χ3v) is 14.0. The number of carbonyl (C=O) groups is 2. The lowest BCUT2D eigenvalue weighted by Gasteiger charge is -2.20. The molecule has 0 aromatic rings. The number of aliphatic hydroxyl groups excluding tert-OH is 2. The van der Waals surface area contributed by atoms with E-state index in [4.69, 9.17) is 4.74 Å². The molecule has 0 heterocycles. The first kappa shape index (κ1) is 65.3. The van der Waals surface area contributed by atoms with Gasteiger partial charge in [-0.25, -0.2) is 0 Å². The highest BCUT2D eigenvalue weighted by Crippen LogP contribution is 2.17. The number of aliphatic hydroxyl groups is 2. The number of nitrogens with one attached hydrogen (secondary N) is 1. The third kappa shape index (κ3) is 53.5. The first-order chi connectivity index (χ1) is 33.0. The average Bonchev–Trinajstić information content (AvgIpc) is 3.33. The Kier molecular flexibility index (Phi) is 55.5. The van der Waals surface area contributed by atoms with Crippen LogP contribution in [0.2, 0.25) is 0 Å². The van der Waals surface area contributed by atoms with Gasteiger partial charge in [0.15, 0.2) is 0 Å². The molecule has 2 unspecified atom stereocenters. The topological polar surface area (TPSA) is 95.9 Å². The molecule has 0 bridgehead atoms. The van der Waals surface area contributed by atoms with E-state index in [1.807, 2.05) is 6.08 Å². The van der Waals surface area contributed by atoms with Crippen LogP contribution in [0.15, 0.2) is 24.3 Å². The lowest BCUT2D eigenvalue weighted by atomic mass is 10.0. The number of hydrogen-bond acceptors (Lipinski definition) is 5. The van der Waals surface area contributed by atoms with E-state index in [9.17, 15) is 19.8 Å². The number of unbranched alkanes of at least 4 members (excludes halogenated alkanes) is 43. The van der Waals surface area contributed by atoms with Gasteiger partial charge in [-0.05, 0) is 57.8 Å². The Hall–Kier alpha value is -1.66. The van der Waals surface area contributed by atoms with Crippen LogP contribution in [0.25, 0.3) is 0 Å². The summed E-state index contributed by atoms with van der Waals surface area (Å²) in [6.07, 6.45) is 69.1. The summed E-state index contributed by atoms with van der Waals surface area (Å²) in [5.41, 5.74) is 0. The molecule has 396 valence electrons. The zero-order chi connectivity index (χ0) is 48.6. The van der Waals surface area contributed by atoms with Crippen LogP contribution < -0.4 is 5.32 Å². The van der Waals surface area contributed by atoms with E-state index in [0.717, 1.165) is 51.4 Å². The Morgan fingerprint density at radius 3 is 1.06 bits per heavy atom. The molecule has 0 saturated carbocycles. The van der Waals surface area contributed by atoms with Crippen molar-refractivity contribution in [2.75, 3.05) is 13.2 Å². The fraction of sp³-hybridized carbons (Fsp3) is 0.902. The van der Waals surface area contributed by atoms with Gasteiger partial charge in [-0.2, -0.15) is 0 Å². The quantitative estimate of drug-likeness (QED) is 0.0321. The van der Waals surface area contributed by atoms with Crippen LogP contribution >= 0.6 is 0 Å². The van der Waals surface area contributed by atoms with Crippen LogP contribution in [0.4, 0.5) is 0 Å². The molecule has 0 rings (SSSR count). The smallest absolute Gasteiger partial charge is 0.305 e. The maximum atomic E-state index is 12.5. The number of esters is 1. The van der Waals surface area contributed by atoms with Crippen molar-refractivity contribution < 1.29 is 24.5 Å². The Morgan fingerprint density at radius 2 is 0.701 bits per heavy atom. The average molecular weight is 945 g/mol. The summed E-state index contributed by atoms with van der Waals surface area (Å²) in [7, 11) is 0. The minimum atomic E-state index is -0.851. The third-order valence-electron chi connectivity index (χ3n) is 14.0. The normalized spacial score (nSPS) is 12.7. The molecule has 0 aromatic carbocycles. The molecule has 3 N–H and O–H groups in total. The van der Waals surface area contributed by atoms with Crippen molar-refractivity contribution in [3.8, 4) is 0 Å². The molecule has 67 heavy (non-hydrogen) atoms. The van der Waals surface area contributed by atoms with E-state index in [1.165, 1.54) is 250 Å². The fourth-order valence-corrected chi connectivity index (χ4v) is 9.34. The summed E-state index contributed by atoms with van der Waals surface area (Å²) in [6.45, 7) is 4.89. The molecular weight excluding hydrogens is 827 g/mol. The second-order valence-corrected chi connectivity index (χ2v) is 20.7. The molecule has 0 aliphatic carbocycles. The van der Waals surface area contributed by atoms with Crippen LogP contribution in [0.5, 0.6) is 0 Å². The number of rotatable bonds is 56. The maximum Gasteiger partial charge on any atom is 0.305 e. The molecule has 0 fully saturated rings. The monoisotopic (exact) mass is 944 g/mol. The van der Waals surface area contributed by atoms with Gasteiger partial charge in [-0.1, -0.05) is 282 Å². The summed E-state index contributed by atoms with van der Waals surface area (Å²) in [6, 6.07) is -0.635. The van der Waals surface area contributed by atoms with Crippen LogP contribution in [-0.4, -0.2) is 47.4 Å². The number of hydrogen-bond donors (Lipinski definition) is 3. The number of ether oxygens (including phenoxy) is 1. The lowest BCUT2D eigenvalue weighted by Crippen LogP contribution is -2.45.